The van der Waals surface area contributed by atoms with Gasteiger partial charge in [0.25, 0.3) is 0 Å². The Bertz CT molecular complexity index is 318. The van der Waals surface area contributed by atoms with Crippen molar-refractivity contribution < 1.29 is 9.59 Å². The Balaban J connectivity index is 1.85. The highest BCUT2D eigenvalue weighted by atomic mass is 16.2. The molecule has 2 aliphatic rings. The van der Waals surface area contributed by atoms with Gasteiger partial charge in [-0.2, -0.15) is 0 Å². The van der Waals surface area contributed by atoms with Gasteiger partial charge in [-0.25, -0.2) is 0 Å². The average Bonchev–Trinajstić information content (AvgIpc) is 3.18. The highest BCUT2D eigenvalue weighted by molar-refractivity contribution is 6.07. The summed E-state index contributed by atoms with van der Waals surface area (Å²) in [6, 6.07) is 0.294. The fourth-order valence-corrected chi connectivity index (χ4v) is 2.66. The van der Waals surface area contributed by atoms with E-state index in [0.29, 0.717) is 25.4 Å². The number of hydrogen-bond acceptors (Lipinski definition) is 2. The van der Waals surface area contributed by atoms with Crippen molar-refractivity contribution in [2.24, 2.45) is 5.41 Å². The Morgan fingerprint density at radius 3 is 2.33 bits per heavy atom. The zero-order chi connectivity index (χ0) is 13.0. The first-order valence-corrected chi connectivity index (χ1v) is 7.28. The molecule has 0 radical (unpaired) electrons. The van der Waals surface area contributed by atoms with Crippen LogP contribution in [-0.4, -0.2) is 24.4 Å². The summed E-state index contributed by atoms with van der Waals surface area (Å²) >= 11 is 0. The van der Waals surface area contributed by atoms with Crippen molar-refractivity contribution in [3.63, 3.8) is 0 Å². The lowest BCUT2D eigenvalue weighted by Crippen LogP contribution is -2.47. The minimum absolute atomic E-state index is 0.0389. The van der Waals surface area contributed by atoms with Crippen molar-refractivity contribution in [2.45, 2.75) is 64.3 Å². The second kappa shape index (κ2) is 5.72. The van der Waals surface area contributed by atoms with Crippen LogP contribution < -0.4 is 10.6 Å². The Kier molecular flexibility index (Phi) is 4.25. The highest BCUT2D eigenvalue weighted by Gasteiger charge is 2.56. The zero-order valence-corrected chi connectivity index (χ0v) is 11.3. The molecule has 2 rings (SSSR count). The van der Waals surface area contributed by atoms with Gasteiger partial charge in [-0.15, -0.1) is 0 Å². The molecule has 102 valence electrons. The second-order valence-electron chi connectivity index (χ2n) is 5.65. The zero-order valence-electron chi connectivity index (χ0n) is 11.3. The molecule has 2 amide bonds. The number of carbonyl (C=O) groups excluding carboxylic acids is 2. The standard InChI is InChI=1S/C14H24N2O2/c1-2-10-15-12(17)14(8-9-14)13(18)16-11-6-4-3-5-7-11/h11H,2-10H2,1H3,(H,15,17)(H,16,18). The number of hydrogen-bond donors (Lipinski definition) is 2. The van der Waals surface area contributed by atoms with Crippen LogP contribution in [0.2, 0.25) is 0 Å². The summed E-state index contributed by atoms with van der Waals surface area (Å²) in [4.78, 5) is 24.2. The summed E-state index contributed by atoms with van der Waals surface area (Å²) in [5, 5.41) is 5.93. The van der Waals surface area contributed by atoms with Crippen LogP contribution in [0.25, 0.3) is 0 Å². The van der Waals surface area contributed by atoms with Crippen molar-refractivity contribution in [3.05, 3.63) is 0 Å². The predicted molar refractivity (Wildman–Crippen MR) is 70.0 cm³/mol. The summed E-state index contributed by atoms with van der Waals surface area (Å²) < 4.78 is 0. The monoisotopic (exact) mass is 252 g/mol. The maximum Gasteiger partial charge on any atom is 0.235 e. The molecule has 0 aliphatic heterocycles. The third-order valence-electron chi connectivity index (χ3n) is 4.10. The molecule has 4 nitrogen and oxygen atoms in total. The third-order valence-corrected chi connectivity index (χ3v) is 4.10. The maximum atomic E-state index is 12.2. The molecular formula is C14H24N2O2. The van der Waals surface area contributed by atoms with E-state index in [4.69, 9.17) is 0 Å². The largest absolute Gasteiger partial charge is 0.355 e. The quantitative estimate of drug-likeness (QED) is 0.732. The van der Waals surface area contributed by atoms with Gasteiger partial charge in [0, 0.05) is 12.6 Å². The molecule has 0 saturated heterocycles. The van der Waals surface area contributed by atoms with Crippen LogP contribution in [0.5, 0.6) is 0 Å². The smallest absolute Gasteiger partial charge is 0.235 e. The van der Waals surface area contributed by atoms with Crippen LogP contribution in [0, 0.1) is 5.41 Å². The molecule has 0 spiro atoms. The number of amides is 2. The van der Waals surface area contributed by atoms with E-state index in [9.17, 15) is 9.59 Å². The van der Waals surface area contributed by atoms with Gasteiger partial charge in [0.15, 0.2) is 0 Å². The van der Waals surface area contributed by atoms with Gasteiger partial charge in [-0.05, 0) is 32.1 Å². The minimum atomic E-state index is -0.730. The SMILES string of the molecule is CCCNC(=O)C1(C(=O)NC2CCCCC2)CC1. The summed E-state index contributed by atoms with van der Waals surface area (Å²) in [5.74, 6) is -0.110. The molecule has 2 saturated carbocycles. The van der Waals surface area contributed by atoms with Gasteiger partial charge in [-0.1, -0.05) is 26.2 Å². The minimum Gasteiger partial charge on any atom is -0.355 e. The molecule has 2 aliphatic carbocycles. The first-order chi connectivity index (χ1) is 8.69. The fourth-order valence-electron chi connectivity index (χ4n) is 2.66. The molecule has 0 heterocycles. The van der Waals surface area contributed by atoms with Gasteiger partial charge in [0.05, 0.1) is 0 Å². The highest BCUT2D eigenvalue weighted by Crippen LogP contribution is 2.46. The topological polar surface area (TPSA) is 58.2 Å². The van der Waals surface area contributed by atoms with E-state index < -0.39 is 5.41 Å². The lowest BCUT2D eigenvalue weighted by Gasteiger charge is -2.25. The van der Waals surface area contributed by atoms with E-state index >= 15 is 0 Å². The van der Waals surface area contributed by atoms with Crippen LogP contribution in [0.1, 0.15) is 58.3 Å². The molecule has 0 aromatic heterocycles. The summed E-state index contributed by atoms with van der Waals surface area (Å²) in [5.41, 5.74) is -0.730. The van der Waals surface area contributed by atoms with Gasteiger partial charge in [-0.3, -0.25) is 9.59 Å². The fraction of sp³-hybridized carbons (Fsp3) is 0.857. The van der Waals surface area contributed by atoms with Crippen molar-refractivity contribution >= 4 is 11.8 Å². The van der Waals surface area contributed by atoms with Gasteiger partial charge < -0.3 is 10.6 Å². The number of nitrogens with one attached hydrogen (secondary N) is 2. The molecule has 0 unspecified atom stereocenters. The molecule has 0 atom stereocenters. The number of rotatable bonds is 5. The molecule has 2 fully saturated rings. The Morgan fingerprint density at radius 1 is 1.11 bits per heavy atom. The van der Waals surface area contributed by atoms with E-state index in [2.05, 4.69) is 10.6 Å². The summed E-state index contributed by atoms with van der Waals surface area (Å²) in [7, 11) is 0. The third kappa shape index (κ3) is 2.85. The van der Waals surface area contributed by atoms with Crippen LogP contribution in [0.4, 0.5) is 0 Å². The summed E-state index contributed by atoms with van der Waals surface area (Å²) in [6.07, 6.45) is 8.12. The van der Waals surface area contributed by atoms with E-state index in [1.165, 1.54) is 19.3 Å². The van der Waals surface area contributed by atoms with E-state index in [0.717, 1.165) is 19.3 Å². The van der Waals surface area contributed by atoms with Crippen molar-refractivity contribution in [1.29, 1.82) is 0 Å². The normalized spacial score (nSPS) is 22.3. The molecule has 4 heteroatoms. The Labute approximate surface area is 109 Å². The van der Waals surface area contributed by atoms with Crippen LogP contribution in [-0.2, 0) is 9.59 Å². The van der Waals surface area contributed by atoms with Crippen molar-refractivity contribution in [2.75, 3.05) is 6.54 Å². The lowest BCUT2D eigenvalue weighted by atomic mass is 9.94. The van der Waals surface area contributed by atoms with Gasteiger partial charge in [0.1, 0.15) is 5.41 Å². The Hall–Kier alpha value is -1.06. The summed E-state index contributed by atoms with van der Waals surface area (Å²) in [6.45, 7) is 2.68. The number of carbonyl (C=O) groups is 2. The molecule has 18 heavy (non-hydrogen) atoms. The predicted octanol–water partition coefficient (Wildman–Crippen LogP) is 1.74. The van der Waals surface area contributed by atoms with Gasteiger partial charge >= 0.3 is 0 Å². The van der Waals surface area contributed by atoms with E-state index in [-0.39, 0.29) is 11.8 Å². The van der Waals surface area contributed by atoms with E-state index in [1.54, 1.807) is 0 Å². The van der Waals surface area contributed by atoms with Crippen LogP contribution in [0.15, 0.2) is 0 Å². The lowest BCUT2D eigenvalue weighted by molar-refractivity contribution is -0.137. The Morgan fingerprint density at radius 2 is 1.78 bits per heavy atom. The van der Waals surface area contributed by atoms with Crippen molar-refractivity contribution in [1.82, 2.24) is 10.6 Å². The molecule has 2 N–H and O–H groups in total. The first kappa shape index (κ1) is 13.4. The molecule has 0 aromatic rings. The second-order valence-corrected chi connectivity index (χ2v) is 5.65. The van der Waals surface area contributed by atoms with Crippen LogP contribution >= 0.6 is 0 Å². The average molecular weight is 252 g/mol. The first-order valence-electron chi connectivity index (χ1n) is 7.28. The molecular weight excluding hydrogens is 228 g/mol. The van der Waals surface area contributed by atoms with E-state index in [1.807, 2.05) is 6.92 Å². The maximum absolute atomic E-state index is 12.2. The van der Waals surface area contributed by atoms with Gasteiger partial charge in [0.2, 0.25) is 11.8 Å². The molecule has 0 bridgehead atoms. The molecule has 0 aromatic carbocycles. The van der Waals surface area contributed by atoms with Crippen LogP contribution in [0.3, 0.4) is 0 Å². The van der Waals surface area contributed by atoms with Crippen molar-refractivity contribution in [3.8, 4) is 0 Å².